The van der Waals surface area contributed by atoms with Crippen LogP contribution in [0.1, 0.15) is 25.3 Å². The fourth-order valence-corrected chi connectivity index (χ4v) is 2.18. The summed E-state index contributed by atoms with van der Waals surface area (Å²) in [5, 5.41) is 3.24. The lowest BCUT2D eigenvalue weighted by atomic mass is 9.98. The number of nitrogens with one attached hydrogen (secondary N) is 1. The van der Waals surface area contributed by atoms with Gasteiger partial charge in [0.25, 0.3) is 0 Å². The lowest BCUT2D eigenvalue weighted by molar-refractivity contribution is -0.150. The summed E-state index contributed by atoms with van der Waals surface area (Å²) in [7, 11) is 0. The Labute approximate surface area is 114 Å². The molecule has 19 heavy (non-hydrogen) atoms. The molecule has 0 aromatic heterocycles. The molecule has 0 amide bonds. The molecule has 0 atom stereocenters. The summed E-state index contributed by atoms with van der Waals surface area (Å²) in [4.78, 5) is 11.9. The van der Waals surface area contributed by atoms with Gasteiger partial charge < -0.3 is 14.8 Å². The molecule has 0 spiro atoms. The second kappa shape index (κ2) is 7.14. The third kappa shape index (κ3) is 4.24. The number of carbonyl (C=O) groups is 1. The molecular weight excluding hydrogens is 242 g/mol. The highest BCUT2D eigenvalue weighted by Crippen LogP contribution is 2.16. The van der Waals surface area contributed by atoms with Gasteiger partial charge in [-0.3, -0.25) is 4.79 Å². The molecule has 1 N–H and O–H groups in total. The summed E-state index contributed by atoms with van der Waals surface area (Å²) in [6.45, 7) is 4.76. The molecule has 2 rings (SSSR count). The summed E-state index contributed by atoms with van der Waals surface area (Å²) in [5.74, 6) is 0.829. The van der Waals surface area contributed by atoms with Crippen LogP contribution in [0.25, 0.3) is 0 Å². The normalized spacial score (nSPS) is 16.1. The van der Waals surface area contributed by atoms with Crippen molar-refractivity contribution in [1.82, 2.24) is 5.32 Å². The Bertz CT molecular complexity index is 396. The van der Waals surface area contributed by atoms with Crippen LogP contribution >= 0.6 is 0 Å². The molecule has 1 aromatic carbocycles. The second-order valence-electron chi connectivity index (χ2n) is 4.71. The standard InChI is InChI=1S/C15H21NO3/c1-2-18-14-5-3-12(4-6-14)11-19-15(17)13-7-9-16-10-8-13/h3-6,13,16H,2,7-11H2,1H3. The number of hydrogen-bond donors (Lipinski definition) is 1. The van der Waals surface area contributed by atoms with Crippen LogP contribution in [0.3, 0.4) is 0 Å². The summed E-state index contributed by atoms with van der Waals surface area (Å²) in [6.07, 6.45) is 1.75. The molecular formula is C15H21NO3. The van der Waals surface area contributed by atoms with Gasteiger partial charge in [-0.2, -0.15) is 0 Å². The molecule has 0 aliphatic carbocycles. The zero-order valence-electron chi connectivity index (χ0n) is 11.4. The number of ether oxygens (including phenoxy) is 2. The predicted octanol–water partition coefficient (Wildman–Crippen LogP) is 2.13. The molecule has 1 saturated heterocycles. The number of rotatable bonds is 5. The quantitative estimate of drug-likeness (QED) is 0.827. The molecule has 0 saturated carbocycles. The largest absolute Gasteiger partial charge is 0.494 e. The van der Waals surface area contributed by atoms with Crippen LogP contribution in [-0.2, 0) is 16.1 Å². The molecule has 0 bridgehead atoms. The van der Waals surface area contributed by atoms with Crippen molar-refractivity contribution in [2.24, 2.45) is 5.92 Å². The van der Waals surface area contributed by atoms with E-state index >= 15 is 0 Å². The molecule has 1 aromatic rings. The smallest absolute Gasteiger partial charge is 0.309 e. The minimum absolute atomic E-state index is 0.0592. The van der Waals surface area contributed by atoms with Gasteiger partial charge in [-0.15, -0.1) is 0 Å². The van der Waals surface area contributed by atoms with E-state index in [9.17, 15) is 4.79 Å². The Morgan fingerprint density at radius 2 is 1.95 bits per heavy atom. The summed E-state index contributed by atoms with van der Waals surface area (Å²) in [6, 6.07) is 7.66. The molecule has 1 aliphatic heterocycles. The highest BCUT2D eigenvalue weighted by atomic mass is 16.5. The van der Waals surface area contributed by atoms with Crippen LogP contribution < -0.4 is 10.1 Å². The monoisotopic (exact) mass is 263 g/mol. The SMILES string of the molecule is CCOc1ccc(COC(=O)C2CCNCC2)cc1. The van der Waals surface area contributed by atoms with Crippen molar-refractivity contribution in [3.8, 4) is 5.75 Å². The van der Waals surface area contributed by atoms with Crippen LogP contribution in [0.2, 0.25) is 0 Å². The molecule has 4 nitrogen and oxygen atoms in total. The van der Waals surface area contributed by atoms with Gasteiger partial charge in [0, 0.05) is 0 Å². The van der Waals surface area contributed by atoms with Crippen molar-refractivity contribution in [2.75, 3.05) is 19.7 Å². The number of hydrogen-bond acceptors (Lipinski definition) is 4. The van der Waals surface area contributed by atoms with E-state index in [0.717, 1.165) is 37.2 Å². The van der Waals surface area contributed by atoms with Gasteiger partial charge >= 0.3 is 5.97 Å². The zero-order valence-corrected chi connectivity index (χ0v) is 11.4. The second-order valence-corrected chi connectivity index (χ2v) is 4.71. The van der Waals surface area contributed by atoms with Crippen LogP contribution in [0, 0.1) is 5.92 Å². The van der Waals surface area contributed by atoms with Crippen molar-refractivity contribution in [2.45, 2.75) is 26.4 Å². The van der Waals surface area contributed by atoms with Gasteiger partial charge in [-0.05, 0) is 50.6 Å². The first-order valence-corrected chi connectivity index (χ1v) is 6.88. The van der Waals surface area contributed by atoms with Gasteiger partial charge in [0.15, 0.2) is 0 Å². The van der Waals surface area contributed by atoms with E-state index < -0.39 is 0 Å². The van der Waals surface area contributed by atoms with Crippen molar-refractivity contribution in [3.63, 3.8) is 0 Å². The number of piperidine rings is 1. The van der Waals surface area contributed by atoms with Gasteiger partial charge in [0.05, 0.1) is 12.5 Å². The average molecular weight is 263 g/mol. The van der Waals surface area contributed by atoms with E-state index in [2.05, 4.69) is 5.32 Å². The van der Waals surface area contributed by atoms with Crippen molar-refractivity contribution >= 4 is 5.97 Å². The van der Waals surface area contributed by atoms with E-state index in [1.807, 2.05) is 31.2 Å². The zero-order chi connectivity index (χ0) is 13.5. The maximum Gasteiger partial charge on any atom is 0.309 e. The minimum Gasteiger partial charge on any atom is -0.494 e. The van der Waals surface area contributed by atoms with Gasteiger partial charge in [0.1, 0.15) is 12.4 Å². The van der Waals surface area contributed by atoms with Crippen molar-refractivity contribution in [1.29, 1.82) is 0 Å². The molecule has 4 heteroatoms. The summed E-state index contributed by atoms with van der Waals surface area (Å²) < 4.78 is 10.7. The topological polar surface area (TPSA) is 47.6 Å². The average Bonchev–Trinajstić information content (AvgIpc) is 2.47. The first-order valence-electron chi connectivity index (χ1n) is 6.88. The van der Waals surface area contributed by atoms with E-state index in [0.29, 0.717) is 13.2 Å². The molecule has 1 aliphatic rings. The lowest BCUT2D eigenvalue weighted by Crippen LogP contribution is -2.32. The molecule has 1 heterocycles. The van der Waals surface area contributed by atoms with Gasteiger partial charge in [-0.25, -0.2) is 0 Å². The van der Waals surface area contributed by atoms with Crippen LogP contribution in [0.4, 0.5) is 0 Å². The van der Waals surface area contributed by atoms with Crippen LogP contribution in [0.15, 0.2) is 24.3 Å². The van der Waals surface area contributed by atoms with Crippen molar-refractivity contribution in [3.05, 3.63) is 29.8 Å². The first kappa shape index (κ1) is 13.9. The lowest BCUT2D eigenvalue weighted by Gasteiger charge is -2.20. The fraction of sp³-hybridized carbons (Fsp3) is 0.533. The highest BCUT2D eigenvalue weighted by Gasteiger charge is 2.22. The van der Waals surface area contributed by atoms with E-state index in [1.165, 1.54) is 0 Å². The van der Waals surface area contributed by atoms with Crippen molar-refractivity contribution < 1.29 is 14.3 Å². The molecule has 104 valence electrons. The molecule has 0 unspecified atom stereocenters. The predicted molar refractivity (Wildman–Crippen MR) is 73.0 cm³/mol. The van der Waals surface area contributed by atoms with E-state index in [1.54, 1.807) is 0 Å². The first-order chi connectivity index (χ1) is 9.29. The minimum atomic E-state index is -0.0737. The number of esters is 1. The molecule has 0 radical (unpaired) electrons. The van der Waals surface area contributed by atoms with E-state index in [4.69, 9.17) is 9.47 Å². The summed E-state index contributed by atoms with van der Waals surface area (Å²) >= 11 is 0. The maximum atomic E-state index is 11.9. The highest BCUT2D eigenvalue weighted by molar-refractivity contribution is 5.72. The summed E-state index contributed by atoms with van der Waals surface area (Å²) in [5.41, 5.74) is 0.991. The maximum absolute atomic E-state index is 11.9. The third-order valence-corrected chi connectivity index (χ3v) is 3.29. The van der Waals surface area contributed by atoms with Crippen LogP contribution in [-0.4, -0.2) is 25.7 Å². The third-order valence-electron chi connectivity index (χ3n) is 3.29. The van der Waals surface area contributed by atoms with Crippen LogP contribution in [0.5, 0.6) is 5.75 Å². The van der Waals surface area contributed by atoms with E-state index in [-0.39, 0.29) is 11.9 Å². The Morgan fingerprint density at radius 3 is 2.58 bits per heavy atom. The Morgan fingerprint density at radius 1 is 1.26 bits per heavy atom. The van der Waals surface area contributed by atoms with Gasteiger partial charge in [0.2, 0.25) is 0 Å². The Hall–Kier alpha value is -1.55. The van der Waals surface area contributed by atoms with Gasteiger partial charge in [-0.1, -0.05) is 12.1 Å². The number of benzene rings is 1. The Balaban J connectivity index is 1.79. The number of carbonyl (C=O) groups excluding carboxylic acids is 1. The fourth-order valence-electron chi connectivity index (χ4n) is 2.18. The Kier molecular flexibility index (Phi) is 5.21. The molecule has 1 fully saturated rings.